The quantitative estimate of drug-likeness (QED) is 0.462. The third kappa shape index (κ3) is 3.80. The van der Waals surface area contributed by atoms with E-state index in [1.54, 1.807) is 18.3 Å². The Morgan fingerprint density at radius 3 is 2.30 bits per heavy atom. The summed E-state index contributed by atoms with van der Waals surface area (Å²) in [6, 6.07) is 17.7. The van der Waals surface area contributed by atoms with Gasteiger partial charge in [0.2, 0.25) is 5.60 Å². The van der Waals surface area contributed by atoms with Crippen LogP contribution in [0.2, 0.25) is 0 Å². The second kappa shape index (κ2) is 9.14. The van der Waals surface area contributed by atoms with Gasteiger partial charge >= 0.3 is 5.97 Å². The van der Waals surface area contributed by atoms with Crippen molar-refractivity contribution < 1.29 is 14.3 Å². The summed E-state index contributed by atoms with van der Waals surface area (Å²) in [5, 5.41) is 0. The first-order valence-corrected chi connectivity index (χ1v) is 11.4. The lowest BCUT2D eigenvalue weighted by molar-refractivity contribution is 0.0235. The molecule has 2 aromatic carbocycles. The fraction of sp³-hybridized carbons (Fsp3) is 0.333. The van der Waals surface area contributed by atoms with Crippen molar-refractivity contribution >= 4 is 17.3 Å². The molecule has 0 fully saturated rings. The van der Waals surface area contributed by atoms with Gasteiger partial charge in [-0.05, 0) is 57.2 Å². The van der Waals surface area contributed by atoms with Gasteiger partial charge in [-0.3, -0.25) is 4.98 Å². The number of hydrogen-bond acceptors (Lipinski definition) is 6. The predicted octanol–water partition coefficient (Wildman–Crippen LogP) is 4.85. The molecule has 0 N–H and O–H groups in total. The summed E-state index contributed by atoms with van der Waals surface area (Å²) in [6.07, 6.45) is 1.70. The number of cyclic esters (lactones) is 1. The molecule has 1 aromatic heterocycles. The van der Waals surface area contributed by atoms with Crippen molar-refractivity contribution in [2.24, 2.45) is 0 Å². The zero-order valence-electron chi connectivity index (χ0n) is 20.0. The molecule has 1 unspecified atom stereocenters. The highest BCUT2D eigenvalue weighted by Crippen LogP contribution is 2.49. The Kier molecular flexibility index (Phi) is 6.27. The zero-order valence-corrected chi connectivity index (χ0v) is 20.0. The van der Waals surface area contributed by atoms with E-state index in [4.69, 9.17) is 9.47 Å². The molecule has 6 nitrogen and oxygen atoms in total. The van der Waals surface area contributed by atoms with Crippen molar-refractivity contribution in [1.82, 2.24) is 4.98 Å². The van der Waals surface area contributed by atoms with Crippen molar-refractivity contribution in [2.45, 2.75) is 26.4 Å². The maximum Gasteiger partial charge on any atom is 0.341 e. The molecule has 4 rings (SSSR count). The van der Waals surface area contributed by atoms with Crippen LogP contribution in [0, 0.1) is 0 Å². The molecule has 2 heterocycles. The Morgan fingerprint density at radius 2 is 1.67 bits per heavy atom. The van der Waals surface area contributed by atoms with Crippen LogP contribution >= 0.6 is 0 Å². The third-order valence-corrected chi connectivity index (χ3v) is 6.17. The van der Waals surface area contributed by atoms with Crippen LogP contribution in [0.15, 0.2) is 60.8 Å². The molecule has 33 heavy (non-hydrogen) atoms. The Labute approximate surface area is 195 Å². The number of carbonyl (C=O) groups is 1. The van der Waals surface area contributed by atoms with Crippen LogP contribution in [0.4, 0.5) is 11.4 Å². The summed E-state index contributed by atoms with van der Waals surface area (Å²) in [5.74, 6) is 0.301. The van der Waals surface area contributed by atoms with Gasteiger partial charge < -0.3 is 19.3 Å². The van der Waals surface area contributed by atoms with E-state index < -0.39 is 5.60 Å². The van der Waals surface area contributed by atoms with E-state index in [9.17, 15) is 4.79 Å². The van der Waals surface area contributed by atoms with Crippen LogP contribution in [0.25, 0.3) is 0 Å². The van der Waals surface area contributed by atoms with Gasteiger partial charge in [-0.15, -0.1) is 0 Å². The van der Waals surface area contributed by atoms with Gasteiger partial charge in [0, 0.05) is 61.9 Å². The monoisotopic (exact) mass is 445 g/mol. The number of rotatable bonds is 8. The number of ether oxygens (including phenoxy) is 2. The van der Waals surface area contributed by atoms with E-state index in [-0.39, 0.29) is 5.97 Å². The van der Waals surface area contributed by atoms with Crippen LogP contribution < -0.4 is 14.5 Å². The third-order valence-electron chi connectivity index (χ3n) is 6.17. The van der Waals surface area contributed by atoms with E-state index >= 15 is 0 Å². The van der Waals surface area contributed by atoms with Gasteiger partial charge in [0.15, 0.2) is 0 Å². The minimum atomic E-state index is -1.19. The first-order valence-electron chi connectivity index (χ1n) is 11.4. The van der Waals surface area contributed by atoms with E-state index in [0.29, 0.717) is 23.6 Å². The molecule has 0 amide bonds. The van der Waals surface area contributed by atoms with Gasteiger partial charge in [-0.2, -0.15) is 0 Å². The van der Waals surface area contributed by atoms with E-state index in [1.165, 1.54) is 0 Å². The van der Waals surface area contributed by atoms with Gasteiger partial charge in [0.1, 0.15) is 11.4 Å². The lowest BCUT2D eigenvalue weighted by Crippen LogP contribution is -2.31. The molecule has 0 aliphatic carbocycles. The summed E-state index contributed by atoms with van der Waals surface area (Å²) >= 11 is 0. The zero-order chi connectivity index (χ0) is 23.6. The summed E-state index contributed by atoms with van der Waals surface area (Å²) in [4.78, 5) is 22.0. The summed E-state index contributed by atoms with van der Waals surface area (Å²) in [7, 11) is 3.99. The second-order valence-electron chi connectivity index (χ2n) is 8.20. The maximum atomic E-state index is 13.0. The number of fused-ring (bicyclic) bond motifs is 1. The van der Waals surface area contributed by atoms with Crippen LogP contribution in [-0.2, 0) is 10.3 Å². The van der Waals surface area contributed by atoms with Crippen LogP contribution in [0.5, 0.6) is 5.75 Å². The fourth-order valence-electron chi connectivity index (χ4n) is 4.48. The molecule has 1 aliphatic heterocycles. The summed E-state index contributed by atoms with van der Waals surface area (Å²) in [5.41, 5.74) is 3.59. The Bertz CT molecular complexity index is 1140. The van der Waals surface area contributed by atoms with Crippen molar-refractivity contribution in [3.8, 4) is 5.75 Å². The minimum absolute atomic E-state index is 0.384. The van der Waals surface area contributed by atoms with Crippen molar-refractivity contribution in [1.29, 1.82) is 0 Å². The first kappa shape index (κ1) is 22.6. The molecule has 0 radical (unpaired) electrons. The van der Waals surface area contributed by atoms with Gasteiger partial charge in [0.05, 0.1) is 12.2 Å². The number of pyridine rings is 1. The Hall–Kier alpha value is -3.54. The highest BCUT2D eigenvalue weighted by Gasteiger charge is 2.51. The van der Waals surface area contributed by atoms with Crippen molar-refractivity contribution in [2.75, 3.05) is 43.6 Å². The topological polar surface area (TPSA) is 54.9 Å². The predicted molar refractivity (Wildman–Crippen MR) is 131 cm³/mol. The lowest BCUT2D eigenvalue weighted by Gasteiger charge is -2.32. The molecule has 1 aliphatic rings. The SMILES string of the molecule is CCOc1cc(N(CC)CC)ccc1C1(c2ccc(N(C)C)cc2)OC(=O)c2cccnc21. The molecular weight excluding hydrogens is 414 g/mol. The molecule has 0 spiro atoms. The Balaban J connectivity index is 1.98. The van der Waals surface area contributed by atoms with Gasteiger partial charge in [-0.25, -0.2) is 4.79 Å². The lowest BCUT2D eigenvalue weighted by atomic mass is 9.82. The molecule has 172 valence electrons. The average Bonchev–Trinajstić information content (AvgIpc) is 3.14. The smallest absolute Gasteiger partial charge is 0.341 e. The average molecular weight is 446 g/mol. The van der Waals surface area contributed by atoms with E-state index in [0.717, 1.165) is 35.6 Å². The van der Waals surface area contributed by atoms with Crippen LogP contribution in [0.3, 0.4) is 0 Å². The number of carbonyl (C=O) groups excluding carboxylic acids is 1. The molecule has 0 saturated heterocycles. The number of hydrogen-bond donors (Lipinski definition) is 0. The highest BCUT2D eigenvalue weighted by atomic mass is 16.6. The normalized spacial score (nSPS) is 16.8. The van der Waals surface area contributed by atoms with Gasteiger partial charge in [0.25, 0.3) is 0 Å². The highest BCUT2D eigenvalue weighted by molar-refractivity contribution is 5.95. The summed E-state index contributed by atoms with van der Waals surface area (Å²) < 4.78 is 12.4. The van der Waals surface area contributed by atoms with E-state index in [2.05, 4.69) is 29.8 Å². The number of esters is 1. The number of nitrogens with zero attached hydrogens (tertiary/aromatic N) is 3. The largest absolute Gasteiger partial charge is 0.493 e. The minimum Gasteiger partial charge on any atom is -0.493 e. The second-order valence-corrected chi connectivity index (χ2v) is 8.20. The van der Waals surface area contributed by atoms with Crippen molar-refractivity contribution in [3.63, 3.8) is 0 Å². The standard InChI is InChI=1S/C27H31N3O3/c1-6-30(7-2)21-15-16-23(24(18-21)32-8-3)27(19-11-13-20(14-12-19)29(4)5)25-22(26(31)33-27)10-9-17-28-25/h9-18H,6-8H2,1-5H3. The maximum absolute atomic E-state index is 13.0. The molecule has 0 saturated carbocycles. The molecule has 6 heteroatoms. The molecule has 0 bridgehead atoms. The first-order chi connectivity index (χ1) is 16.0. The number of anilines is 2. The molecule has 3 aromatic rings. The van der Waals surface area contributed by atoms with Gasteiger partial charge in [-0.1, -0.05) is 12.1 Å². The van der Waals surface area contributed by atoms with Crippen LogP contribution in [-0.4, -0.2) is 44.7 Å². The van der Waals surface area contributed by atoms with E-state index in [1.807, 2.05) is 62.3 Å². The molecule has 1 atom stereocenters. The number of aromatic nitrogens is 1. The van der Waals surface area contributed by atoms with Crippen LogP contribution in [0.1, 0.15) is 48.0 Å². The molecular formula is C27H31N3O3. The fourth-order valence-corrected chi connectivity index (χ4v) is 4.48. The van der Waals surface area contributed by atoms with Crippen molar-refractivity contribution in [3.05, 3.63) is 83.2 Å². The Morgan fingerprint density at radius 1 is 0.970 bits per heavy atom. The summed E-state index contributed by atoms with van der Waals surface area (Å²) in [6.45, 7) is 8.48. The number of benzene rings is 2.